The van der Waals surface area contributed by atoms with Crippen molar-refractivity contribution in [2.75, 3.05) is 0 Å². The number of hydrogen-bond donors (Lipinski definition) is 2. The molecule has 1 aliphatic rings. The van der Waals surface area contributed by atoms with Crippen molar-refractivity contribution in [3.05, 3.63) is 11.1 Å². The summed E-state index contributed by atoms with van der Waals surface area (Å²) in [5.41, 5.74) is 1.31. The van der Waals surface area contributed by atoms with Gasteiger partial charge in [0.15, 0.2) is 5.79 Å². The number of aliphatic hydroxyl groups is 2. The second kappa shape index (κ2) is 1.63. The van der Waals surface area contributed by atoms with Gasteiger partial charge in [-0.25, -0.2) is 0 Å². The van der Waals surface area contributed by atoms with E-state index in [0.717, 1.165) is 5.57 Å². The number of rotatable bonds is 0. The summed E-state index contributed by atoms with van der Waals surface area (Å²) in [6, 6.07) is 0. The third kappa shape index (κ3) is 0.559. The summed E-state index contributed by atoms with van der Waals surface area (Å²) < 4.78 is 0. The molecule has 1 rings (SSSR count). The highest BCUT2D eigenvalue weighted by atomic mass is 16.5. The molecule has 0 aliphatic heterocycles. The minimum Gasteiger partial charge on any atom is -0.362 e. The van der Waals surface area contributed by atoms with Crippen molar-refractivity contribution in [2.24, 2.45) is 5.41 Å². The zero-order valence-electron chi connectivity index (χ0n) is 6.89. The molecule has 0 spiro atoms. The maximum absolute atomic E-state index is 9.38. The van der Waals surface area contributed by atoms with Crippen LogP contribution in [0.5, 0.6) is 0 Å². The first-order valence-corrected chi connectivity index (χ1v) is 3.45. The predicted molar refractivity (Wildman–Crippen MR) is 39.3 cm³/mol. The molecule has 0 aromatic carbocycles. The fourth-order valence-electron chi connectivity index (χ4n) is 1.40. The predicted octanol–water partition coefficient (Wildman–Crippen LogP) is 1.04. The average Bonchev–Trinajstić information content (AvgIpc) is 1.84. The van der Waals surface area contributed by atoms with Crippen LogP contribution in [-0.4, -0.2) is 16.0 Å². The molecule has 0 saturated heterocycles. The molecule has 0 saturated carbocycles. The molecule has 0 heterocycles. The van der Waals surface area contributed by atoms with Crippen molar-refractivity contribution in [1.29, 1.82) is 0 Å². The molecule has 10 heavy (non-hydrogen) atoms. The first kappa shape index (κ1) is 7.76. The molecule has 2 N–H and O–H groups in total. The molecular formula is C8H14O2. The molecular weight excluding hydrogens is 128 g/mol. The SMILES string of the molecule is CC1=C(C)C(O)(O)C1(C)C. The zero-order chi connectivity index (χ0) is 8.15. The van der Waals surface area contributed by atoms with E-state index in [0.29, 0.717) is 5.57 Å². The Hall–Kier alpha value is -0.340. The van der Waals surface area contributed by atoms with Crippen LogP contribution in [0.4, 0.5) is 0 Å². The van der Waals surface area contributed by atoms with E-state index in [1.165, 1.54) is 0 Å². The average molecular weight is 142 g/mol. The van der Waals surface area contributed by atoms with E-state index in [1.54, 1.807) is 6.92 Å². The molecule has 2 nitrogen and oxygen atoms in total. The van der Waals surface area contributed by atoms with Gasteiger partial charge in [-0.15, -0.1) is 0 Å². The van der Waals surface area contributed by atoms with Gasteiger partial charge < -0.3 is 10.2 Å². The maximum atomic E-state index is 9.38. The van der Waals surface area contributed by atoms with Gasteiger partial charge in [0, 0.05) is 5.41 Å². The Labute approximate surface area is 61.2 Å². The Morgan fingerprint density at radius 1 is 1.00 bits per heavy atom. The van der Waals surface area contributed by atoms with Crippen LogP contribution in [0, 0.1) is 5.41 Å². The van der Waals surface area contributed by atoms with Crippen molar-refractivity contribution in [3.8, 4) is 0 Å². The van der Waals surface area contributed by atoms with Gasteiger partial charge in [-0.1, -0.05) is 19.4 Å². The molecule has 0 fully saturated rings. The van der Waals surface area contributed by atoms with Gasteiger partial charge in [0.05, 0.1) is 0 Å². The lowest BCUT2D eigenvalue weighted by molar-refractivity contribution is -0.214. The van der Waals surface area contributed by atoms with Crippen molar-refractivity contribution in [2.45, 2.75) is 33.5 Å². The maximum Gasteiger partial charge on any atom is 0.194 e. The van der Waals surface area contributed by atoms with Crippen molar-refractivity contribution in [1.82, 2.24) is 0 Å². The lowest BCUT2D eigenvalue weighted by Crippen LogP contribution is -2.54. The molecule has 2 heteroatoms. The van der Waals surface area contributed by atoms with E-state index in [1.807, 2.05) is 20.8 Å². The summed E-state index contributed by atoms with van der Waals surface area (Å²) in [5.74, 6) is -1.57. The lowest BCUT2D eigenvalue weighted by atomic mass is 9.62. The summed E-state index contributed by atoms with van der Waals surface area (Å²) in [6.45, 7) is 7.34. The number of hydrogen-bond acceptors (Lipinski definition) is 2. The van der Waals surface area contributed by atoms with E-state index in [-0.39, 0.29) is 0 Å². The largest absolute Gasteiger partial charge is 0.362 e. The fourth-order valence-corrected chi connectivity index (χ4v) is 1.40. The molecule has 0 radical (unpaired) electrons. The smallest absolute Gasteiger partial charge is 0.194 e. The van der Waals surface area contributed by atoms with E-state index < -0.39 is 11.2 Å². The Morgan fingerprint density at radius 2 is 1.40 bits per heavy atom. The first-order chi connectivity index (χ1) is 4.32. The molecule has 0 atom stereocenters. The standard InChI is InChI=1S/C8H14O2/c1-5-6(2)8(9,10)7(5,3)4/h9-10H,1-4H3. The molecule has 0 aromatic heterocycles. The van der Waals surface area contributed by atoms with Gasteiger partial charge in [0.25, 0.3) is 0 Å². The normalized spacial score (nSPS) is 28.2. The molecule has 58 valence electrons. The van der Waals surface area contributed by atoms with Crippen LogP contribution < -0.4 is 0 Å². The second-order valence-electron chi connectivity index (χ2n) is 3.55. The minimum atomic E-state index is -1.57. The van der Waals surface area contributed by atoms with Crippen LogP contribution in [-0.2, 0) is 0 Å². The Balaban J connectivity index is 3.10. The molecule has 1 aliphatic carbocycles. The highest BCUT2D eigenvalue weighted by molar-refractivity contribution is 5.38. The monoisotopic (exact) mass is 142 g/mol. The lowest BCUT2D eigenvalue weighted by Gasteiger charge is -2.50. The summed E-state index contributed by atoms with van der Waals surface area (Å²) in [4.78, 5) is 0. The van der Waals surface area contributed by atoms with E-state index in [9.17, 15) is 10.2 Å². The quantitative estimate of drug-likeness (QED) is 0.392. The summed E-state index contributed by atoms with van der Waals surface area (Å²) >= 11 is 0. The third-order valence-electron chi connectivity index (χ3n) is 2.89. The third-order valence-corrected chi connectivity index (χ3v) is 2.89. The second-order valence-corrected chi connectivity index (χ2v) is 3.55. The molecule has 0 aromatic rings. The van der Waals surface area contributed by atoms with Crippen LogP contribution in [0.2, 0.25) is 0 Å². The molecule has 0 bridgehead atoms. The van der Waals surface area contributed by atoms with E-state index in [4.69, 9.17) is 0 Å². The summed E-state index contributed by atoms with van der Waals surface area (Å²) in [5, 5.41) is 18.8. The van der Waals surface area contributed by atoms with Gasteiger partial charge >= 0.3 is 0 Å². The van der Waals surface area contributed by atoms with E-state index >= 15 is 0 Å². The minimum absolute atomic E-state index is 0.461. The van der Waals surface area contributed by atoms with Gasteiger partial charge in [0.2, 0.25) is 0 Å². The van der Waals surface area contributed by atoms with Crippen LogP contribution in [0.25, 0.3) is 0 Å². The van der Waals surface area contributed by atoms with E-state index in [2.05, 4.69) is 0 Å². The zero-order valence-corrected chi connectivity index (χ0v) is 6.89. The summed E-state index contributed by atoms with van der Waals surface area (Å²) in [7, 11) is 0. The van der Waals surface area contributed by atoms with Crippen LogP contribution in [0.15, 0.2) is 11.1 Å². The molecule has 0 amide bonds. The highest BCUT2D eigenvalue weighted by Gasteiger charge is 2.54. The van der Waals surface area contributed by atoms with Crippen molar-refractivity contribution in [3.63, 3.8) is 0 Å². The highest BCUT2D eigenvalue weighted by Crippen LogP contribution is 2.51. The Morgan fingerprint density at radius 3 is 1.50 bits per heavy atom. The Bertz CT molecular complexity index is 177. The van der Waals surface area contributed by atoms with Gasteiger partial charge in [-0.05, 0) is 19.4 Å². The van der Waals surface area contributed by atoms with Crippen LogP contribution >= 0.6 is 0 Å². The topological polar surface area (TPSA) is 40.5 Å². The summed E-state index contributed by atoms with van der Waals surface area (Å²) in [6.07, 6.45) is 0. The fraction of sp³-hybridized carbons (Fsp3) is 0.750. The van der Waals surface area contributed by atoms with Gasteiger partial charge in [-0.3, -0.25) is 0 Å². The van der Waals surface area contributed by atoms with Crippen LogP contribution in [0.1, 0.15) is 27.7 Å². The molecule has 0 unspecified atom stereocenters. The first-order valence-electron chi connectivity index (χ1n) is 3.45. The van der Waals surface area contributed by atoms with Crippen molar-refractivity contribution >= 4 is 0 Å². The van der Waals surface area contributed by atoms with Crippen LogP contribution in [0.3, 0.4) is 0 Å². The Kier molecular flexibility index (Phi) is 1.26. The van der Waals surface area contributed by atoms with Gasteiger partial charge in [0.1, 0.15) is 0 Å². The van der Waals surface area contributed by atoms with Gasteiger partial charge in [-0.2, -0.15) is 0 Å². The van der Waals surface area contributed by atoms with Crippen molar-refractivity contribution < 1.29 is 10.2 Å².